The molecular formula is C14H14N6O4. The van der Waals surface area contributed by atoms with Gasteiger partial charge in [-0.3, -0.25) is 14.5 Å². The van der Waals surface area contributed by atoms with Gasteiger partial charge in [-0.15, -0.1) is 5.10 Å². The zero-order valence-corrected chi connectivity index (χ0v) is 13.0. The number of esters is 1. The number of carbonyl (C=O) groups is 3. The SMILES string of the molecule is COC(=O)CN1C(=O)N[C@@](C)(c2ccc(-n3cnnn3)cc2)C1=O. The molecule has 3 amide bonds. The van der Waals surface area contributed by atoms with Crippen molar-refractivity contribution in [1.82, 2.24) is 30.4 Å². The number of hydrogen-bond acceptors (Lipinski definition) is 7. The Morgan fingerprint density at radius 1 is 1.29 bits per heavy atom. The Hall–Kier alpha value is -3.30. The fourth-order valence-corrected chi connectivity index (χ4v) is 2.46. The van der Waals surface area contributed by atoms with Crippen molar-refractivity contribution in [3.63, 3.8) is 0 Å². The molecule has 1 aliphatic heterocycles. The number of ether oxygens (including phenoxy) is 1. The topological polar surface area (TPSA) is 119 Å². The maximum absolute atomic E-state index is 12.6. The molecule has 124 valence electrons. The lowest BCUT2D eigenvalue weighted by Gasteiger charge is -2.22. The minimum absolute atomic E-state index is 0.431. The van der Waals surface area contributed by atoms with Crippen LogP contribution in [0.5, 0.6) is 0 Å². The van der Waals surface area contributed by atoms with E-state index in [4.69, 9.17) is 0 Å². The molecule has 1 saturated heterocycles. The first-order chi connectivity index (χ1) is 11.5. The summed E-state index contributed by atoms with van der Waals surface area (Å²) in [6.45, 7) is 1.15. The van der Waals surface area contributed by atoms with E-state index in [0.29, 0.717) is 11.3 Å². The van der Waals surface area contributed by atoms with Crippen molar-refractivity contribution in [3.05, 3.63) is 36.2 Å². The molecule has 0 radical (unpaired) electrons. The first-order valence-corrected chi connectivity index (χ1v) is 7.00. The third-order valence-electron chi connectivity index (χ3n) is 3.85. The van der Waals surface area contributed by atoms with Gasteiger partial charge < -0.3 is 10.1 Å². The summed E-state index contributed by atoms with van der Waals surface area (Å²) in [6, 6.07) is 6.18. The summed E-state index contributed by atoms with van der Waals surface area (Å²) in [5.74, 6) is -1.19. The van der Waals surface area contributed by atoms with Gasteiger partial charge in [-0.05, 0) is 35.0 Å². The van der Waals surface area contributed by atoms with Crippen molar-refractivity contribution < 1.29 is 19.1 Å². The van der Waals surface area contributed by atoms with Crippen LogP contribution in [0.1, 0.15) is 12.5 Å². The predicted octanol–water partition coefficient (Wildman–Crippen LogP) is -0.398. The van der Waals surface area contributed by atoms with Crippen molar-refractivity contribution in [2.45, 2.75) is 12.5 Å². The average Bonchev–Trinajstić information content (AvgIpc) is 3.19. The number of urea groups is 1. The molecule has 0 bridgehead atoms. The van der Waals surface area contributed by atoms with Crippen molar-refractivity contribution in [2.24, 2.45) is 0 Å². The van der Waals surface area contributed by atoms with Crippen LogP contribution in [-0.4, -0.2) is 56.7 Å². The first kappa shape index (κ1) is 15.6. The van der Waals surface area contributed by atoms with E-state index in [2.05, 4.69) is 25.6 Å². The van der Waals surface area contributed by atoms with E-state index in [1.807, 2.05) is 0 Å². The molecule has 1 N–H and O–H groups in total. The fourth-order valence-electron chi connectivity index (χ4n) is 2.46. The van der Waals surface area contributed by atoms with Crippen molar-refractivity contribution >= 4 is 17.9 Å². The van der Waals surface area contributed by atoms with Gasteiger partial charge in [0.2, 0.25) is 0 Å². The van der Waals surface area contributed by atoms with Crippen molar-refractivity contribution in [1.29, 1.82) is 0 Å². The monoisotopic (exact) mass is 330 g/mol. The molecule has 0 aliphatic carbocycles. The molecule has 1 aromatic heterocycles. The van der Waals surface area contributed by atoms with E-state index in [1.54, 1.807) is 31.2 Å². The standard InChI is InChI=1S/C14H14N6O4/c1-14(12(22)19(13(23)16-14)7-11(21)24-2)9-3-5-10(6-4-9)20-8-15-17-18-20/h3-6,8H,7H2,1-2H3,(H,16,23)/t14-/m0/s1. The van der Waals surface area contributed by atoms with Gasteiger partial charge in [-0.25, -0.2) is 9.48 Å². The van der Waals surface area contributed by atoms with Gasteiger partial charge in [-0.1, -0.05) is 12.1 Å². The fraction of sp³-hybridized carbons (Fsp3) is 0.286. The number of methoxy groups -OCH3 is 1. The van der Waals surface area contributed by atoms with Gasteiger partial charge in [-0.2, -0.15) is 0 Å². The number of hydrogen-bond donors (Lipinski definition) is 1. The molecule has 2 heterocycles. The molecule has 24 heavy (non-hydrogen) atoms. The van der Waals surface area contributed by atoms with E-state index in [9.17, 15) is 14.4 Å². The number of amides is 3. The van der Waals surface area contributed by atoms with E-state index in [0.717, 1.165) is 4.90 Å². The van der Waals surface area contributed by atoms with Crippen LogP contribution in [0.15, 0.2) is 30.6 Å². The number of rotatable bonds is 4. The van der Waals surface area contributed by atoms with Crippen LogP contribution in [0.25, 0.3) is 5.69 Å². The Kier molecular flexibility index (Phi) is 3.72. The second-order valence-electron chi connectivity index (χ2n) is 5.32. The van der Waals surface area contributed by atoms with Crippen LogP contribution in [0.3, 0.4) is 0 Å². The average molecular weight is 330 g/mol. The lowest BCUT2D eigenvalue weighted by Crippen LogP contribution is -2.41. The number of tetrazole rings is 1. The van der Waals surface area contributed by atoms with E-state index < -0.39 is 30.0 Å². The van der Waals surface area contributed by atoms with Crippen LogP contribution in [0.2, 0.25) is 0 Å². The minimum atomic E-state index is -1.26. The highest BCUT2D eigenvalue weighted by Gasteiger charge is 2.49. The Balaban J connectivity index is 1.87. The molecule has 1 atom stereocenters. The van der Waals surface area contributed by atoms with Crippen LogP contribution in [-0.2, 0) is 19.9 Å². The van der Waals surface area contributed by atoms with Crippen LogP contribution >= 0.6 is 0 Å². The van der Waals surface area contributed by atoms with Gasteiger partial charge in [0.1, 0.15) is 18.4 Å². The van der Waals surface area contributed by atoms with Crippen LogP contribution < -0.4 is 5.32 Å². The highest BCUT2D eigenvalue weighted by atomic mass is 16.5. The molecule has 10 heteroatoms. The normalized spacial score (nSPS) is 20.2. The van der Waals surface area contributed by atoms with Crippen molar-refractivity contribution in [3.8, 4) is 5.69 Å². The summed E-state index contributed by atoms with van der Waals surface area (Å²) in [7, 11) is 1.19. The smallest absolute Gasteiger partial charge is 0.325 e. The maximum Gasteiger partial charge on any atom is 0.325 e. The molecule has 0 saturated carbocycles. The maximum atomic E-state index is 12.6. The number of nitrogens with zero attached hydrogens (tertiary/aromatic N) is 5. The Morgan fingerprint density at radius 3 is 2.58 bits per heavy atom. The summed E-state index contributed by atoms with van der Waals surface area (Å²) in [5.41, 5.74) is 0.0186. The third kappa shape index (κ3) is 2.47. The number of benzene rings is 1. The lowest BCUT2D eigenvalue weighted by atomic mass is 9.92. The van der Waals surface area contributed by atoms with Gasteiger partial charge in [0.05, 0.1) is 12.8 Å². The van der Waals surface area contributed by atoms with Gasteiger partial charge in [0, 0.05) is 0 Å². The number of aromatic nitrogens is 4. The van der Waals surface area contributed by atoms with Crippen molar-refractivity contribution in [2.75, 3.05) is 13.7 Å². The summed E-state index contributed by atoms with van der Waals surface area (Å²) in [4.78, 5) is 36.8. The summed E-state index contributed by atoms with van der Waals surface area (Å²) < 4.78 is 5.97. The van der Waals surface area contributed by atoms with Crippen LogP contribution in [0, 0.1) is 0 Å². The Morgan fingerprint density at radius 2 is 2.00 bits per heavy atom. The largest absolute Gasteiger partial charge is 0.468 e. The molecule has 1 fully saturated rings. The van der Waals surface area contributed by atoms with E-state index in [-0.39, 0.29) is 0 Å². The molecule has 2 aromatic rings. The molecule has 0 spiro atoms. The van der Waals surface area contributed by atoms with Gasteiger partial charge in [0.25, 0.3) is 5.91 Å². The number of imide groups is 1. The zero-order valence-electron chi connectivity index (χ0n) is 13.0. The highest BCUT2D eigenvalue weighted by molar-refractivity contribution is 6.08. The lowest BCUT2D eigenvalue weighted by molar-refractivity contribution is -0.145. The van der Waals surface area contributed by atoms with Gasteiger partial charge >= 0.3 is 12.0 Å². The summed E-state index contributed by atoms with van der Waals surface area (Å²) in [5, 5.41) is 13.5. The Bertz CT molecular complexity index is 788. The minimum Gasteiger partial charge on any atom is -0.468 e. The third-order valence-corrected chi connectivity index (χ3v) is 3.85. The molecule has 1 aromatic carbocycles. The van der Waals surface area contributed by atoms with Crippen LogP contribution in [0.4, 0.5) is 4.79 Å². The predicted molar refractivity (Wildman–Crippen MR) is 78.8 cm³/mol. The molecule has 10 nitrogen and oxygen atoms in total. The molecule has 3 rings (SSSR count). The quantitative estimate of drug-likeness (QED) is 0.598. The second-order valence-corrected chi connectivity index (χ2v) is 5.32. The van der Waals surface area contributed by atoms with E-state index in [1.165, 1.54) is 18.1 Å². The van der Waals surface area contributed by atoms with Gasteiger partial charge in [0.15, 0.2) is 0 Å². The number of nitrogens with one attached hydrogen (secondary N) is 1. The second kappa shape index (κ2) is 5.72. The first-order valence-electron chi connectivity index (χ1n) is 7.00. The summed E-state index contributed by atoms with van der Waals surface area (Å²) in [6.07, 6.45) is 1.44. The van der Waals surface area contributed by atoms with E-state index >= 15 is 0 Å². The zero-order chi connectivity index (χ0) is 17.3. The number of carbonyl (C=O) groups excluding carboxylic acids is 3. The molecule has 0 unspecified atom stereocenters. The molecule has 1 aliphatic rings. The highest BCUT2D eigenvalue weighted by Crippen LogP contribution is 2.29. The molecular weight excluding hydrogens is 316 g/mol. The Labute approximate surface area is 136 Å². The summed E-state index contributed by atoms with van der Waals surface area (Å²) >= 11 is 0.